The molecule has 2 atom stereocenters. The molecule has 4 nitrogen and oxygen atoms in total. The molecule has 2 amide bonds. The van der Waals surface area contributed by atoms with Crippen LogP contribution in [0.3, 0.4) is 0 Å². The van der Waals surface area contributed by atoms with E-state index in [4.69, 9.17) is 0 Å². The van der Waals surface area contributed by atoms with Crippen LogP contribution in [0.2, 0.25) is 0 Å². The lowest BCUT2D eigenvalue weighted by Crippen LogP contribution is -2.40. The third kappa shape index (κ3) is 2.28. The number of hydrogen-bond acceptors (Lipinski definition) is 4. The number of rotatable bonds is 2. The summed E-state index contributed by atoms with van der Waals surface area (Å²) in [5.41, 5.74) is 1.24. The third-order valence-electron chi connectivity index (χ3n) is 3.74. The van der Waals surface area contributed by atoms with Crippen LogP contribution in [0.15, 0.2) is 29.2 Å². The van der Waals surface area contributed by atoms with Crippen molar-refractivity contribution in [1.29, 1.82) is 0 Å². The van der Waals surface area contributed by atoms with E-state index in [1.54, 1.807) is 7.05 Å². The molecule has 0 radical (unpaired) electrons. The standard InChI is InChI=1S/C14H16N2O2S/c1-16-13(17)8-11(14(16)18)15-10-6-7-19-12-5-3-2-4-9(10)12/h2-5,10-11,15H,6-8H2,1H3. The van der Waals surface area contributed by atoms with Gasteiger partial charge in [0, 0.05) is 18.0 Å². The van der Waals surface area contributed by atoms with Gasteiger partial charge >= 0.3 is 0 Å². The smallest absolute Gasteiger partial charge is 0.246 e. The van der Waals surface area contributed by atoms with Gasteiger partial charge in [0.05, 0.1) is 12.5 Å². The Morgan fingerprint density at radius 1 is 1.26 bits per heavy atom. The average Bonchev–Trinajstić information content (AvgIpc) is 2.67. The zero-order valence-corrected chi connectivity index (χ0v) is 11.6. The Hall–Kier alpha value is -1.33. The number of nitrogens with one attached hydrogen (secondary N) is 1. The Morgan fingerprint density at radius 2 is 2.05 bits per heavy atom. The van der Waals surface area contributed by atoms with Gasteiger partial charge in [0.25, 0.3) is 0 Å². The first-order chi connectivity index (χ1) is 9.16. The molecule has 1 N–H and O–H groups in total. The summed E-state index contributed by atoms with van der Waals surface area (Å²) in [6.45, 7) is 0. The van der Waals surface area contributed by atoms with Crippen molar-refractivity contribution in [3.63, 3.8) is 0 Å². The highest BCUT2D eigenvalue weighted by atomic mass is 32.2. The predicted octanol–water partition coefficient (Wildman–Crippen LogP) is 1.57. The molecule has 0 aliphatic carbocycles. The number of likely N-dealkylation sites (N-methyl/N-ethyl adjacent to an activating group) is 1. The maximum absolute atomic E-state index is 11.9. The van der Waals surface area contributed by atoms with Gasteiger partial charge in [-0.25, -0.2) is 0 Å². The average molecular weight is 276 g/mol. The van der Waals surface area contributed by atoms with Gasteiger partial charge in [-0.05, 0) is 23.8 Å². The molecular weight excluding hydrogens is 260 g/mol. The van der Waals surface area contributed by atoms with Crippen molar-refractivity contribution in [1.82, 2.24) is 10.2 Å². The molecule has 1 fully saturated rings. The molecule has 2 unspecified atom stereocenters. The summed E-state index contributed by atoms with van der Waals surface area (Å²) in [7, 11) is 1.55. The van der Waals surface area contributed by atoms with Crippen LogP contribution in [0, 0.1) is 0 Å². The summed E-state index contributed by atoms with van der Waals surface area (Å²) in [6.07, 6.45) is 1.27. The normalized spacial score (nSPS) is 26.7. The molecule has 0 saturated carbocycles. The first kappa shape index (κ1) is 12.7. The van der Waals surface area contributed by atoms with E-state index in [9.17, 15) is 9.59 Å². The summed E-state index contributed by atoms with van der Waals surface area (Å²) in [6, 6.07) is 8.08. The Kier molecular flexibility index (Phi) is 3.33. The maximum Gasteiger partial charge on any atom is 0.246 e. The Bertz CT molecular complexity index is 532. The molecule has 0 spiro atoms. The van der Waals surface area contributed by atoms with Crippen molar-refractivity contribution in [3.05, 3.63) is 29.8 Å². The Labute approximate surface area is 116 Å². The van der Waals surface area contributed by atoms with E-state index in [0.29, 0.717) is 0 Å². The van der Waals surface area contributed by atoms with Crippen LogP contribution in [0.4, 0.5) is 0 Å². The second-order valence-electron chi connectivity index (χ2n) is 4.94. The highest BCUT2D eigenvalue weighted by Crippen LogP contribution is 2.36. The van der Waals surface area contributed by atoms with E-state index in [1.807, 2.05) is 23.9 Å². The third-order valence-corrected chi connectivity index (χ3v) is 4.87. The number of hydrogen-bond donors (Lipinski definition) is 1. The van der Waals surface area contributed by atoms with Gasteiger partial charge in [0.1, 0.15) is 0 Å². The molecule has 0 bridgehead atoms. The fourth-order valence-corrected chi connectivity index (χ4v) is 3.77. The lowest BCUT2D eigenvalue weighted by atomic mass is 10.0. The van der Waals surface area contributed by atoms with Crippen molar-refractivity contribution in [2.45, 2.75) is 29.8 Å². The van der Waals surface area contributed by atoms with E-state index in [0.717, 1.165) is 12.2 Å². The van der Waals surface area contributed by atoms with Crippen LogP contribution < -0.4 is 5.32 Å². The van der Waals surface area contributed by atoms with Gasteiger partial charge in [-0.3, -0.25) is 19.8 Å². The number of likely N-dealkylation sites (tertiary alicyclic amines) is 1. The molecule has 0 aromatic heterocycles. The highest BCUT2D eigenvalue weighted by molar-refractivity contribution is 7.99. The van der Waals surface area contributed by atoms with Gasteiger partial charge in [-0.1, -0.05) is 18.2 Å². The van der Waals surface area contributed by atoms with Crippen LogP contribution in [0.25, 0.3) is 0 Å². The summed E-state index contributed by atoms with van der Waals surface area (Å²) in [4.78, 5) is 26.0. The lowest BCUT2D eigenvalue weighted by molar-refractivity contribution is -0.137. The first-order valence-electron chi connectivity index (χ1n) is 6.45. The number of fused-ring (bicyclic) bond motifs is 1. The maximum atomic E-state index is 11.9. The number of thioether (sulfide) groups is 1. The summed E-state index contributed by atoms with van der Waals surface area (Å²) < 4.78 is 0. The second-order valence-corrected chi connectivity index (χ2v) is 6.08. The van der Waals surface area contributed by atoms with Crippen LogP contribution >= 0.6 is 11.8 Å². The van der Waals surface area contributed by atoms with Gasteiger partial charge < -0.3 is 0 Å². The van der Waals surface area contributed by atoms with Crippen molar-refractivity contribution in [3.8, 4) is 0 Å². The van der Waals surface area contributed by atoms with Crippen LogP contribution in [-0.4, -0.2) is 35.6 Å². The molecule has 1 saturated heterocycles. The Morgan fingerprint density at radius 3 is 2.79 bits per heavy atom. The summed E-state index contributed by atoms with van der Waals surface area (Å²) in [5, 5.41) is 3.36. The van der Waals surface area contributed by atoms with Crippen LogP contribution in [0.5, 0.6) is 0 Å². The number of carbonyl (C=O) groups excluding carboxylic acids is 2. The Balaban J connectivity index is 1.79. The van der Waals surface area contributed by atoms with Gasteiger partial charge in [0.2, 0.25) is 11.8 Å². The molecule has 2 heterocycles. The molecule has 19 heavy (non-hydrogen) atoms. The number of imide groups is 1. The fraction of sp³-hybridized carbons (Fsp3) is 0.429. The molecular formula is C14H16N2O2S. The molecule has 1 aromatic carbocycles. The van der Waals surface area contributed by atoms with Crippen molar-refractivity contribution in [2.24, 2.45) is 0 Å². The minimum Gasteiger partial charge on any atom is -0.298 e. The predicted molar refractivity (Wildman–Crippen MR) is 73.8 cm³/mol. The fourth-order valence-electron chi connectivity index (χ4n) is 2.64. The van der Waals surface area contributed by atoms with Crippen molar-refractivity contribution < 1.29 is 9.59 Å². The van der Waals surface area contributed by atoms with Gasteiger partial charge in [0.15, 0.2) is 0 Å². The van der Waals surface area contributed by atoms with E-state index < -0.39 is 0 Å². The van der Waals surface area contributed by atoms with Crippen molar-refractivity contribution >= 4 is 23.6 Å². The first-order valence-corrected chi connectivity index (χ1v) is 7.43. The van der Waals surface area contributed by atoms with E-state index in [1.165, 1.54) is 15.4 Å². The molecule has 3 rings (SSSR count). The molecule has 5 heteroatoms. The minimum absolute atomic E-state index is 0.0963. The SMILES string of the molecule is CN1C(=O)CC(NC2CCSc3ccccc32)C1=O. The summed E-state index contributed by atoms with van der Waals surface area (Å²) in [5.74, 6) is 0.834. The van der Waals surface area contributed by atoms with Gasteiger partial charge in [-0.2, -0.15) is 0 Å². The van der Waals surface area contributed by atoms with Crippen LogP contribution in [-0.2, 0) is 9.59 Å². The van der Waals surface area contributed by atoms with Crippen molar-refractivity contribution in [2.75, 3.05) is 12.8 Å². The number of amides is 2. The number of benzene rings is 1. The second kappa shape index (κ2) is 4.98. The zero-order valence-electron chi connectivity index (χ0n) is 10.8. The van der Waals surface area contributed by atoms with E-state index >= 15 is 0 Å². The highest BCUT2D eigenvalue weighted by Gasteiger charge is 2.37. The number of carbonyl (C=O) groups is 2. The minimum atomic E-state index is -0.362. The van der Waals surface area contributed by atoms with Gasteiger partial charge in [-0.15, -0.1) is 11.8 Å². The van der Waals surface area contributed by atoms with Crippen LogP contribution in [0.1, 0.15) is 24.4 Å². The number of nitrogens with zero attached hydrogens (tertiary/aromatic N) is 1. The molecule has 2 aliphatic rings. The topological polar surface area (TPSA) is 49.4 Å². The molecule has 100 valence electrons. The molecule has 2 aliphatic heterocycles. The summed E-state index contributed by atoms with van der Waals surface area (Å²) >= 11 is 1.85. The quantitative estimate of drug-likeness (QED) is 0.833. The molecule has 1 aromatic rings. The monoisotopic (exact) mass is 276 g/mol. The largest absolute Gasteiger partial charge is 0.298 e. The zero-order chi connectivity index (χ0) is 13.4. The lowest BCUT2D eigenvalue weighted by Gasteiger charge is -2.27. The van der Waals surface area contributed by atoms with E-state index in [-0.39, 0.29) is 30.3 Å². The van der Waals surface area contributed by atoms with E-state index in [2.05, 4.69) is 17.4 Å².